The minimum Gasteiger partial charge on any atom is -0.494 e. The maximum absolute atomic E-state index is 12.9. The molecule has 1 heterocycles. The first kappa shape index (κ1) is 22.8. The molecule has 3 aromatic carbocycles. The highest BCUT2D eigenvalue weighted by Crippen LogP contribution is 2.27. The molecule has 0 saturated carbocycles. The summed E-state index contributed by atoms with van der Waals surface area (Å²) in [6.07, 6.45) is 3.33. The van der Waals surface area contributed by atoms with Crippen LogP contribution in [0.4, 0.5) is 5.69 Å². The summed E-state index contributed by atoms with van der Waals surface area (Å²) in [5.74, 6) is 0.193. The normalized spacial score (nSPS) is 11.0. The summed E-state index contributed by atoms with van der Waals surface area (Å²) in [5, 5.41) is 17.8. The number of hydrogen-bond acceptors (Lipinski definition) is 4. The fraction of sp³-hybridized carbons (Fsp3) is 0.0741. The van der Waals surface area contributed by atoms with Gasteiger partial charge in [-0.1, -0.05) is 41.9 Å². The van der Waals surface area contributed by atoms with Gasteiger partial charge in [0.25, 0.3) is 5.91 Å². The van der Waals surface area contributed by atoms with Crippen molar-refractivity contribution in [2.24, 2.45) is 0 Å². The second kappa shape index (κ2) is 10.5. The predicted octanol–water partition coefficient (Wildman–Crippen LogP) is 6.14. The van der Waals surface area contributed by atoms with Gasteiger partial charge in [-0.05, 0) is 61.5 Å². The summed E-state index contributed by atoms with van der Waals surface area (Å²) in [6, 6.07) is 25.8. The van der Waals surface area contributed by atoms with Gasteiger partial charge in [-0.3, -0.25) is 4.79 Å². The SMILES string of the molecule is CCOc1ccc(NC(=O)/C(C#N)=C/c2cn(-c3ccccc3)nc2-c2ccc(Cl)cc2)cc1. The molecule has 4 rings (SSSR count). The summed E-state index contributed by atoms with van der Waals surface area (Å²) in [6.45, 7) is 2.46. The highest BCUT2D eigenvalue weighted by molar-refractivity contribution is 6.30. The lowest BCUT2D eigenvalue weighted by molar-refractivity contribution is -0.112. The number of carbonyl (C=O) groups is 1. The Balaban J connectivity index is 1.68. The number of ether oxygens (including phenoxy) is 1. The molecule has 0 aliphatic heterocycles. The highest BCUT2D eigenvalue weighted by atomic mass is 35.5. The maximum atomic E-state index is 12.9. The van der Waals surface area contributed by atoms with Crippen LogP contribution < -0.4 is 10.1 Å². The van der Waals surface area contributed by atoms with E-state index in [1.807, 2.05) is 55.5 Å². The van der Waals surface area contributed by atoms with Crippen molar-refractivity contribution in [2.75, 3.05) is 11.9 Å². The van der Waals surface area contributed by atoms with Crippen molar-refractivity contribution in [2.45, 2.75) is 6.92 Å². The van der Waals surface area contributed by atoms with Crippen LogP contribution in [0.2, 0.25) is 5.02 Å². The molecule has 1 aromatic heterocycles. The average Bonchev–Trinajstić information content (AvgIpc) is 3.29. The number of nitrogens with one attached hydrogen (secondary N) is 1. The summed E-state index contributed by atoms with van der Waals surface area (Å²) in [7, 11) is 0. The molecule has 0 fully saturated rings. The van der Waals surface area contributed by atoms with Crippen LogP contribution in [0.5, 0.6) is 5.75 Å². The van der Waals surface area contributed by atoms with E-state index in [4.69, 9.17) is 21.4 Å². The van der Waals surface area contributed by atoms with E-state index in [1.54, 1.807) is 53.4 Å². The van der Waals surface area contributed by atoms with E-state index < -0.39 is 5.91 Å². The van der Waals surface area contributed by atoms with Crippen LogP contribution in [0.25, 0.3) is 23.0 Å². The van der Waals surface area contributed by atoms with Crippen molar-refractivity contribution < 1.29 is 9.53 Å². The summed E-state index contributed by atoms with van der Waals surface area (Å²) in [5.41, 5.74) is 3.44. The standard InChI is InChI=1S/C27H21ClN4O2/c1-2-34-25-14-12-23(13-15-25)30-27(33)20(17-29)16-21-18-32(24-6-4-3-5-7-24)31-26(21)19-8-10-22(28)11-9-19/h3-16,18H,2H2,1H3,(H,30,33)/b20-16+. The molecule has 1 N–H and O–H groups in total. The molecule has 0 aliphatic carbocycles. The summed E-state index contributed by atoms with van der Waals surface area (Å²) >= 11 is 6.05. The Labute approximate surface area is 202 Å². The third-order valence-electron chi connectivity index (χ3n) is 4.97. The Bertz CT molecular complexity index is 1350. The molecular weight excluding hydrogens is 448 g/mol. The molecule has 168 valence electrons. The number of benzene rings is 3. The smallest absolute Gasteiger partial charge is 0.266 e. The van der Waals surface area contributed by atoms with Crippen molar-refractivity contribution in [3.05, 3.63) is 101 Å². The van der Waals surface area contributed by atoms with Crippen LogP contribution >= 0.6 is 11.6 Å². The van der Waals surface area contributed by atoms with E-state index in [2.05, 4.69) is 5.32 Å². The summed E-state index contributed by atoms with van der Waals surface area (Å²) in [4.78, 5) is 12.9. The van der Waals surface area contributed by atoms with Gasteiger partial charge in [-0.15, -0.1) is 0 Å². The van der Waals surface area contributed by atoms with E-state index in [0.717, 1.165) is 11.3 Å². The first-order valence-corrected chi connectivity index (χ1v) is 11.0. The maximum Gasteiger partial charge on any atom is 0.266 e. The van der Waals surface area contributed by atoms with E-state index in [1.165, 1.54) is 0 Å². The third kappa shape index (κ3) is 5.34. The van der Waals surface area contributed by atoms with Crippen molar-refractivity contribution in [3.63, 3.8) is 0 Å². The van der Waals surface area contributed by atoms with Crippen molar-refractivity contribution >= 4 is 29.3 Å². The first-order chi connectivity index (χ1) is 16.6. The van der Waals surface area contributed by atoms with Crippen molar-refractivity contribution in [1.82, 2.24) is 9.78 Å². The van der Waals surface area contributed by atoms with Gasteiger partial charge in [-0.2, -0.15) is 10.4 Å². The van der Waals surface area contributed by atoms with Crippen molar-refractivity contribution in [1.29, 1.82) is 5.26 Å². The topological polar surface area (TPSA) is 79.9 Å². The number of nitriles is 1. The second-order valence-corrected chi connectivity index (χ2v) is 7.74. The Morgan fingerprint density at radius 1 is 1.09 bits per heavy atom. The van der Waals surface area contributed by atoms with Crippen molar-refractivity contribution in [3.8, 4) is 28.8 Å². The zero-order valence-corrected chi connectivity index (χ0v) is 19.2. The lowest BCUT2D eigenvalue weighted by Crippen LogP contribution is -2.13. The van der Waals surface area contributed by atoms with Crippen LogP contribution in [0.3, 0.4) is 0 Å². The molecule has 0 bridgehead atoms. The van der Waals surface area contributed by atoms with Crippen LogP contribution in [0, 0.1) is 11.3 Å². The number of nitrogens with zero attached hydrogens (tertiary/aromatic N) is 3. The van der Waals surface area contributed by atoms with Gasteiger partial charge in [0.2, 0.25) is 0 Å². The van der Waals surface area contributed by atoms with Gasteiger partial charge < -0.3 is 10.1 Å². The van der Waals surface area contributed by atoms with E-state index in [0.29, 0.717) is 34.3 Å². The van der Waals surface area contributed by atoms with Gasteiger partial charge in [0.05, 0.1) is 18.0 Å². The number of halogens is 1. The minimum absolute atomic E-state index is 0.0447. The minimum atomic E-state index is -0.513. The molecule has 34 heavy (non-hydrogen) atoms. The number of hydrogen-bond donors (Lipinski definition) is 1. The molecule has 7 heteroatoms. The third-order valence-corrected chi connectivity index (χ3v) is 5.22. The molecule has 1 amide bonds. The number of carbonyl (C=O) groups excluding carboxylic acids is 1. The molecule has 0 aliphatic rings. The highest BCUT2D eigenvalue weighted by Gasteiger charge is 2.15. The number of rotatable bonds is 7. The van der Waals surface area contributed by atoms with Gasteiger partial charge in [0, 0.05) is 28.0 Å². The molecule has 0 spiro atoms. The number of amides is 1. The Kier molecular flexibility index (Phi) is 7.07. The largest absolute Gasteiger partial charge is 0.494 e. The van der Waals surface area contributed by atoms with Gasteiger partial charge in [0.15, 0.2) is 0 Å². The number of aromatic nitrogens is 2. The molecule has 0 unspecified atom stereocenters. The fourth-order valence-corrected chi connectivity index (χ4v) is 3.47. The van der Waals surface area contributed by atoms with Gasteiger partial charge >= 0.3 is 0 Å². The van der Waals surface area contributed by atoms with Crippen LogP contribution in [0.15, 0.2) is 90.6 Å². The zero-order chi connectivity index (χ0) is 23.9. The fourth-order valence-electron chi connectivity index (χ4n) is 3.34. The van der Waals surface area contributed by atoms with Gasteiger partial charge in [0.1, 0.15) is 17.4 Å². The lowest BCUT2D eigenvalue weighted by atomic mass is 10.1. The Morgan fingerprint density at radius 3 is 2.44 bits per heavy atom. The lowest BCUT2D eigenvalue weighted by Gasteiger charge is -2.06. The number of para-hydroxylation sites is 1. The summed E-state index contributed by atoms with van der Waals surface area (Å²) < 4.78 is 7.14. The monoisotopic (exact) mass is 468 g/mol. The molecule has 4 aromatic rings. The average molecular weight is 469 g/mol. The predicted molar refractivity (Wildman–Crippen MR) is 134 cm³/mol. The van der Waals surface area contributed by atoms with Gasteiger partial charge in [-0.25, -0.2) is 4.68 Å². The van der Waals surface area contributed by atoms with E-state index >= 15 is 0 Å². The van der Waals surface area contributed by atoms with Crippen LogP contribution in [0.1, 0.15) is 12.5 Å². The zero-order valence-electron chi connectivity index (χ0n) is 18.4. The van der Waals surface area contributed by atoms with Crippen LogP contribution in [-0.4, -0.2) is 22.3 Å². The molecule has 0 radical (unpaired) electrons. The molecular formula is C27H21ClN4O2. The first-order valence-electron chi connectivity index (χ1n) is 10.6. The molecule has 0 saturated heterocycles. The van der Waals surface area contributed by atoms with Crippen LogP contribution in [-0.2, 0) is 4.79 Å². The Morgan fingerprint density at radius 2 is 1.79 bits per heavy atom. The van der Waals surface area contributed by atoms with E-state index in [9.17, 15) is 10.1 Å². The quantitative estimate of drug-likeness (QED) is 0.261. The Hall–Kier alpha value is -4.34. The molecule has 0 atom stereocenters. The second-order valence-electron chi connectivity index (χ2n) is 7.30. The number of anilines is 1. The molecule has 6 nitrogen and oxygen atoms in total. The van der Waals surface area contributed by atoms with E-state index in [-0.39, 0.29) is 5.57 Å².